The van der Waals surface area contributed by atoms with Crippen molar-refractivity contribution in [1.82, 2.24) is 5.32 Å². The van der Waals surface area contributed by atoms with Crippen LogP contribution in [0.2, 0.25) is 0 Å². The molecule has 0 aliphatic rings. The van der Waals surface area contributed by atoms with Crippen LogP contribution >= 0.6 is 27.3 Å². The molecule has 0 saturated carbocycles. The molecule has 1 nitrogen and oxygen atoms in total. The van der Waals surface area contributed by atoms with Crippen LogP contribution in [-0.2, 0) is 6.42 Å². The second kappa shape index (κ2) is 7.07. The van der Waals surface area contributed by atoms with Gasteiger partial charge in [0.25, 0.3) is 0 Å². The molecule has 0 bridgehead atoms. The second-order valence-corrected chi connectivity index (χ2v) is 6.11. The molecule has 1 N–H and O–H groups in total. The summed E-state index contributed by atoms with van der Waals surface area (Å²) in [5.41, 5.74) is 1.38. The zero-order valence-electron chi connectivity index (χ0n) is 10.5. The summed E-state index contributed by atoms with van der Waals surface area (Å²) in [6.07, 6.45) is 2.25. The molecular formula is C15H18BrNS. The van der Waals surface area contributed by atoms with E-state index in [9.17, 15) is 0 Å². The van der Waals surface area contributed by atoms with Gasteiger partial charge in [-0.15, -0.1) is 11.3 Å². The smallest absolute Gasteiger partial charge is 0.0323 e. The van der Waals surface area contributed by atoms with Crippen LogP contribution in [0.25, 0.3) is 0 Å². The average Bonchev–Trinajstić information content (AvgIpc) is 2.81. The molecule has 0 spiro atoms. The van der Waals surface area contributed by atoms with Crippen molar-refractivity contribution in [2.75, 3.05) is 6.54 Å². The fourth-order valence-electron chi connectivity index (χ4n) is 2.10. The Bertz CT molecular complexity index is 466. The summed E-state index contributed by atoms with van der Waals surface area (Å²) in [7, 11) is 0. The quantitative estimate of drug-likeness (QED) is 0.805. The molecule has 0 saturated heterocycles. The number of nitrogens with one attached hydrogen (secondary N) is 1. The van der Waals surface area contributed by atoms with Gasteiger partial charge in [0.2, 0.25) is 0 Å². The van der Waals surface area contributed by atoms with Gasteiger partial charge in [0.15, 0.2) is 0 Å². The number of benzene rings is 1. The molecule has 96 valence electrons. The van der Waals surface area contributed by atoms with Gasteiger partial charge in [-0.1, -0.05) is 37.3 Å². The highest BCUT2D eigenvalue weighted by atomic mass is 79.9. The summed E-state index contributed by atoms with van der Waals surface area (Å²) in [6.45, 7) is 3.17. The highest BCUT2D eigenvalue weighted by Gasteiger charge is 2.11. The van der Waals surface area contributed by atoms with Crippen molar-refractivity contribution in [3.63, 3.8) is 0 Å². The molecule has 0 aliphatic carbocycles. The molecule has 3 heteroatoms. The maximum Gasteiger partial charge on any atom is 0.0323 e. The maximum absolute atomic E-state index is 3.60. The summed E-state index contributed by atoms with van der Waals surface area (Å²) < 4.78 is 1.25. The fraction of sp³-hybridized carbons (Fsp3) is 0.333. The van der Waals surface area contributed by atoms with Crippen LogP contribution in [-0.4, -0.2) is 6.54 Å². The largest absolute Gasteiger partial charge is 0.310 e. The van der Waals surface area contributed by atoms with Crippen LogP contribution in [0.3, 0.4) is 0 Å². The predicted octanol–water partition coefficient (Wildman–Crippen LogP) is 4.79. The van der Waals surface area contributed by atoms with E-state index in [4.69, 9.17) is 0 Å². The number of hydrogen-bond donors (Lipinski definition) is 1. The van der Waals surface area contributed by atoms with Gasteiger partial charge in [-0.25, -0.2) is 0 Å². The molecule has 0 radical (unpaired) electrons. The number of halogens is 1. The minimum Gasteiger partial charge on any atom is -0.310 e. The van der Waals surface area contributed by atoms with Crippen molar-refractivity contribution in [2.45, 2.75) is 25.8 Å². The van der Waals surface area contributed by atoms with Crippen LogP contribution in [0.4, 0.5) is 0 Å². The Balaban J connectivity index is 2.01. The van der Waals surface area contributed by atoms with Gasteiger partial charge in [0.05, 0.1) is 0 Å². The monoisotopic (exact) mass is 323 g/mol. The van der Waals surface area contributed by atoms with Gasteiger partial charge in [0.1, 0.15) is 0 Å². The minimum absolute atomic E-state index is 0.449. The van der Waals surface area contributed by atoms with Crippen LogP contribution < -0.4 is 5.32 Å². The van der Waals surface area contributed by atoms with Crippen LogP contribution in [0.1, 0.15) is 29.8 Å². The Morgan fingerprint density at radius 2 is 2.00 bits per heavy atom. The zero-order chi connectivity index (χ0) is 12.8. The van der Waals surface area contributed by atoms with E-state index in [2.05, 4.69) is 69.9 Å². The number of rotatable bonds is 6. The van der Waals surface area contributed by atoms with Crippen LogP contribution in [0.5, 0.6) is 0 Å². The van der Waals surface area contributed by atoms with Gasteiger partial charge in [0, 0.05) is 15.4 Å². The topological polar surface area (TPSA) is 12.0 Å². The first-order valence-electron chi connectivity index (χ1n) is 6.31. The molecule has 1 aromatic heterocycles. The average molecular weight is 324 g/mol. The van der Waals surface area contributed by atoms with Crippen molar-refractivity contribution in [1.29, 1.82) is 0 Å². The van der Waals surface area contributed by atoms with E-state index in [1.807, 2.05) is 11.3 Å². The van der Waals surface area contributed by atoms with Crippen molar-refractivity contribution in [3.05, 3.63) is 56.7 Å². The molecule has 0 fully saturated rings. The van der Waals surface area contributed by atoms with E-state index in [-0.39, 0.29) is 0 Å². The lowest BCUT2D eigenvalue weighted by atomic mass is 10.0. The number of thiophene rings is 1. The van der Waals surface area contributed by atoms with E-state index in [1.54, 1.807) is 0 Å². The third kappa shape index (κ3) is 3.67. The lowest BCUT2D eigenvalue weighted by Crippen LogP contribution is -2.21. The normalized spacial score (nSPS) is 12.6. The Morgan fingerprint density at radius 3 is 2.61 bits per heavy atom. The lowest BCUT2D eigenvalue weighted by Gasteiger charge is -2.18. The van der Waals surface area contributed by atoms with Crippen molar-refractivity contribution in [2.24, 2.45) is 0 Å². The van der Waals surface area contributed by atoms with Gasteiger partial charge in [-0.05, 0) is 52.3 Å². The van der Waals surface area contributed by atoms with E-state index in [0.29, 0.717) is 6.04 Å². The Kier molecular flexibility index (Phi) is 5.42. The second-order valence-electron chi connectivity index (χ2n) is 4.25. The molecule has 18 heavy (non-hydrogen) atoms. The van der Waals surface area contributed by atoms with E-state index < -0.39 is 0 Å². The molecule has 0 amide bonds. The molecule has 0 aliphatic heterocycles. The third-order valence-corrected chi connectivity index (χ3v) is 4.99. The van der Waals surface area contributed by atoms with Crippen molar-refractivity contribution in [3.8, 4) is 0 Å². The van der Waals surface area contributed by atoms with Crippen molar-refractivity contribution < 1.29 is 0 Å². The summed E-state index contributed by atoms with van der Waals surface area (Å²) in [5.74, 6) is 0. The first-order valence-corrected chi connectivity index (χ1v) is 7.98. The van der Waals surface area contributed by atoms with E-state index in [1.165, 1.54) is 14.9 Å². The lowest BCUT2D eigenvalue weighted by molar-refractivity contribution is 0.517. The SMILES string of the molecule is CCNC(CCc1sccc1Br)c1ccccc1. The summed E-state index contributed by atoms with van der Waals surface area (Å²) in [6, 6.07) is 13.3. The highest BCUT2D eigenvalue weighted by molar-refractivity contribution is 9.10. The van der Waals surface area contributed by atoms with Crippen LogP contribution in [0, 0.1) is 0 Å². The van der Waals surface area contributed by atoms with Crippen molar-refractivity contribution >= 4 is 27.3 Å². The first kappa shape index (κ1) is 13.8. The third-order valence-electron chi connectivity index (χ3n) is 3.00. The fourth-order valence-corrected chi connectivity index (χ4v) is 3.67. The molecule has 2 rings (SSSR count). The predicted molar refractivity (Wildman–Crippen MR) is 83.2 cm³/mol. The Morgan fingerprint density at radius 1 is 1.22 bits per heavy atom. The molecular weight excluding hydrogens is 306 g/mol. The molecule has 1 unspecified atom stereocenters. The Labute approximate surface area is 121 Å². The van der Waals surface area contributed by atoms with Gasteiger partial charge in [-0.3, -0.25) is 0 Å². The minimum atomic E-state index is 0.449. The maximum atomic E-state index is 3.60. The zero-order valence-corrected chi connectivity index (χ0v) is 12.9. The number of hydrogen-bond acceptors (Lipinski definition) is 2. The van der Waals surface area contributed by atoms with E-state index >= 15 is 0 Å². The van der Waals surface area contributed by atoms with Gasteiger partial charge < -0.3 is 5.32 Å². The Hall–Kier alpha value is -0.640. The molecule has 2 aromatic rings. The summed E-state index contributed by atoms with van der Waals surface area (Å²) in [4.78, 5) is 1.44. The summed E-state index contributed by atoms with van der Waals surface area (Å²) >= 11 is 5.43. The van der Waals surface area contributed by atoms with Gasteiger partial charge in [-0.2, -0.15) is 0 Å². The van der Waals surface area contributed by atoms with E-state index in [0.717, 1.165) is 19.4 Å². The molecule has 1 aromatic carbocycles. The standard InChI is InChI=1S/C15H18BrNS/c1-2-17-14(12-6-4-3-5-7-12)8-9-15-13(16)10-11-18-15/h3-7,10-11,14,17H,2,8-9H2,1H3. The highest BCUT2D eigenvalue weighted by Crippen LogP contribution is 2.27. The summed E-state index contributed by atoms with van der Waals surface area (Å²) in [5, 5.41) is 5.71. The first-order chi connectivity index (χ1) is 8.81. The molecule has 1 heterocycles. The number of aryl methyl sites for hydroxylation is 1. The molecule has 1 atom stereocenters. The van der Waals surface area contributed by atoms with Gasteiger partial charge >= 0.3 is 0 Å². The van der Waals surface area contributed by atoms with Crippen LogP contribution in [0.15, 0.2) is 46.3 Å².